The zero-order valence-corrected chi connectivity index (χ0v) is 20.0. The first-order valence-electron chi connectivity index (χ1n) is 11.3. The Kier molecular flexibility index (Phi) is 10.5. The molecule has 0 heterocycles. The lowest BCUT2D eigenvalue weighted by molar-refractivity contribution is -0.142. The summed E-state index contributed by atoms with van der Waals surface area (Å²) in [7, 11) is 0. The highest BCUT2D eigenvalue weighted by Crippen LogP contribution is 2.12. The average molecular weight is 496 g/mol. The van der Waals surface area contributed by atoms with E-state index in [1.807, 2.05) is 0 Å². The third-order valence-electron chi connectivity index (χ3n) is 5.23. The van der Waals surface area contributed by atoms with E-state index >= 15 is 0 Å². The van der Waals surface area contributed by atoms with Crippen molar-refractivity contribution in [2.45, 2.75) is 38.9 Å². The number of Topliss-reactive ketones (excluding diaryl/α,β-unsaturated/α-hetero) is 1. The van der Waals surface area contributed by atoms with Gasteiger partial charge in [0.05, 0.1) is 19.0 Å². The lowest BCUT2D eigenvalue weighted by Crippen LogP contribution is -2.54. The Morgan fingerprint density at radius 1 is 0.917 bits per heavy atom. The fourth-order valence-electron chi connectivity index (χ4n) is 3.40. The Hall–Kier alpha value is -4.34. The number of rotatable bonds is 13. The molecule has 0 aliphatic rings. The summed E-state index contributed by atoms with van der Waals surface area (Å²) in [5.41, 5.74) is 0.870. The molecule has 0 saturated carbocycles. The fraction of sp³-hybridized carbons (Fsp3) is 0.308. The largest absolute Gasteiger partial charge is 0.481 e. The summed E-state index contributed by atoms with van der Waals surface area (Å²) in [6.45, 7) is 2.88. The molecule has 3 N–H and O–H groups in total. The SMILES string of the molecule is CC(C)[C@H](NC(=O)C(=O)c1ccccc1)C(=O)N(CC(=O)NC(C=O)CC(=O)O)Cc1ccccc1. The topological polar surface area (TPSA) is 150 Å². The molecular weight excluding hydrogens is 466 g/mol. The first kappa shape index (κ1) is 27.9. The van der Waals surface area contributed by atoms with Crippen LogP contribution in [-0.2, 0) is 30.5 Å². The maximum Gasteiger partial charge on any atom is 0.305 e. The Morgan fingerprint density at radius 2 is 1.50 bits per heavy atom. The van der Waals surface area contributed by atoms with E-state index in [1.54, 1.807) is 62.4 Å². The summed E-state index contributed by atoms with van der Waals surface area (Å²) in [5, 5.41) is 13.7. The van der Waals surface area contributed by atoms with E-state index in [4.69, 9.17) is 5.11 Å². The fourth-order valence-corrected chi connectivity index (χ4v) is 3.40. The Labute approximate surface area is 208 Å². The summed E-state index contributed by atoms with van der Waals surface area (Å²) in [6.07, 6.45) is -0.296. The van der Waals surface area contributed by atoms with Gasteiger partial charge in [-0.05, 0) is 11.5 Å². The van der Waals surface area contributed by atoms with Crippen molar-refractivity contribution in [2.24, 2.45) is 5.92 Å². The van der Waals surface area contributed by atoms with E-state index in [9.17, 15) is 28.8 Å². The predicted octanol–water partition coefficient (Wildman–Crippen LogP) is 1.20. The van der Waals surface area contributed by atoms with E-state index in [-0.39, 0.29) is 12.1 Å². The van der Waals surface area contributed by atoms with Crippen molar-refractivity contribution < 1.29 is 33.9 Å². The van der Waals surface area contributed by atoms with Crippen molar-refractivity contribution in [3.05, 3.63) is 71.8 Å². The molecule has 10 heteroatoms. The lowest BCUT2D eigenvalue weighted by Gasteiger charge is -2.29. The second-order valence-electron chi connectivity index (χ2n) is 8.48. The first-order chi connectivity index (χ1) is 17.1. The van der Waals surface area contributed by atoms with Crippen LogP contribution in [0.4, 0.5) is 0 Å². The van der Waals surface area contributed by atoms with Crippen molar-refractivity contribution in [3.63, 3.8) is 0 Å². The number of ketones is 1. The molecule has 1 unspecified atom stereocenters. The van der Waals surface area contributed by atoms with E-state index in [0.29, 0.717) is 11.8 Å². The second kappa shape index (κ2) is 13.5. The molecule has 0 aliphatic heterocycles. The number of benzene rings is 2. The van der Waals surface area contributed by atoms with Gasteiger partial charge in [-0.1, -0.05) is 74.5 Å². The number of carbonyl (C=O) groups excluding carboxylic acids is 5. The van der Waals surface area contributed by atoms with Crippen LogP contribution in [0.25, 0.3) is 0 Å². The van der Waals surface area contributed by atoms with Crippen LogP contribution in [0.3, 0.4) is 0 Å². The second-order valence-corrected chi connectivity index (χ2v) is 8.48. The summed E-state index contributed by atoms with van der Waals surface area (Å²) >= 11 is 0. The molecule has 0 radical (unpaired) electrons. The number of hydrogen-bond donors (Lipinski definition) is 3. The molecular formula is C26H29N3O7. The monoisotopic (exact) mass is 495 g/mol. The number of hydrogen-bond acceptors (Lipinski definition) is 6. The van der Waals surface area contributed by atoms with E-state index in [1.165, 1.54) is 17.0 Å². The molecule has 10 nitrogen and oxygen atoms in total. The highest BCUT2D eigenvalue weighted by atomic mass is 16.4. The minimum absolute atomic E-state index is 0.00347. The van der Waals surface area contributed by atoms with Gasteiger partial charge in [0.2, 0.25) is 17.6 Å². The highest BCUT2D eigenvalue weighted by molar-refractivity contribution is 6.43. The van der Waals surface area contributed by atoms with Crippen LogP contribution in [0.1, 0.15) is 36.2 Å². The van der Waals surface area contributed by atoms with Crippen LogP contribution < -0.4 is 10.6 Å². The first-order valence-corrected chi connectivity index (χ1v) is 11.3. The van der Waals surface area contributed by atoms with Crippen molar-refractivity contribution in [1.29, 1.82) is 0 Å². The minimum Gasteiger partial charge on any atom is -0.481 e. The Balaban J connectivity index is 2.24. The molecule has 3 amide bonds. The predicted molar refractivity (Wildman–Crippen MR) is 130 cm³/mol. The van der Waals surface area contributed by atoms with Gasteiger partial charge in [0.1, 0.15) is 12.3 Å². The number of aliphatic carboxylic acids is 1. The van der Waals surface area contributed by atoms with Crippen molar-refractivity contribution in [1.82, 2.24) is 15.5 Å². The van der Waals surface area contributed by atoms with Crippen LogP contribution in [0, 0.1) is 5.92 Å². The Bertz CT molecular complexity index is 1090. The number of nitrogens with one attached hydrogen (secondary N) is 2. The number of carboxylic acids is 1. The van der Waals surface area contributed by atoms with Gasteiger partial charge >= 0.3 is 5.97 Å². The summed E-state index contributed by atoms with van der Waals surface area (Å²) in [6, 6.07) is 14.3. The standard InChI is InChI=1S/C26H29N3O7/c1-17(2)23(28-25(35)24(34)19-11-7-4-8-12-19)26(36)29(14-18-9-5-3-6-10-18)15-21(31)27-20(16-30)13-22(32)33/h3-12,16-17,20,23H,13-15H2,1-2H3,(H,27,31)(H,28,35)(H,32,33)/t20?,23-/m0/s1. The molecule has 0 bridgehead atoms. The third kappa shape index (κ3) is 8.46. The van der Waals surface area contributed by atoms with Crippen molar-refractivity contribution in [3.8, 4) is 0 Å². The van der Waals surface area contributed by atoms with E-state index < -0.39 is 60.4 Å². The summed E-state index contributed by atoms with van der Waals surface area (Å²) < 4.78 is 0. The van der Waals surface area contributed by atoms with Gasteiger partial charge in [-0.3, -0.25) is 24.0 Å². The van der Waals surface area contributed by atoms with E-state index in [0.717, 1.165) is 0 Å². The van der Waals surface area contributed by atoms with Crippen LogP contribution >= 0.6 is 0 Å². The summed E-state index contributed by atoms with van der Waals surface area (Å²) in [4.78, 5) is 74.5. The van der Waals surface area contributed by atoms with Gasteiger partial charge < -0.3 is 25.4 Å². The maximum atomic E-state index is 13.5. The zero-order valence-electron chi connectivity index (χ0n) is 20.0. The van der Waals surface area contributed by atoms with Crippen LogP contribution in [-0.4, -0.2) is 64.4 Å². The molecule has 2 atom stereocenters. The van der Waals surface area contributed by atoms with Crippen molar-refractivity contribution in [2.75, 3.05) is 6.54 Å². The van der Waals surface area contributed by atoms with Crippen molar-refractivity contribution >= 4 is 35.8 Å². The normalized spacial score (nSPS) is 12.2. The van der Waals surface area contributed by atoms with Gasteiger partial charge in [-0.25, -0.2) is 0 Å². The number of carboxylic acid groups (broad SMARTS) is 1. The quantitative estimate of drug-likeness (QED) is 0.215. The van der Waals surface area contributed by atoms with Gasteiger partial charge in [0.15, 0.2) is 0 Å². The number of amides is 3. The zero-order chi connectivity index (χ0) is 26.7. The molecule has 2 aromatic carbocycles. The van der Waals surface area contributed by atoms with Gasteiger partial charge in [-0.15, -0.1) is 0 Å². The number of aldehydes is 1. The van der Waals surface area contributed by atoms with E-state index in [2.05, 4.69) is 10.6 Å². The average Bonchev–Trinajstić information content (AvgIpc) is 2.86. The Morgan fingerprint density at radius 3 is 2.03 bits per heavy atom. The van der Waals surface area contributed by atoms with Crippen LogP contribution in [0.15, 0.2) is 60.7 Å². The number of carbonyl (C=O) groups is 6. The molecule has 2 aromatic rings. The highest BCUT2D eigenvalue weighted by Gasteiger charge is 2.32. The van der Waals surface area contributed by atoms with Crippen LogP contribution in [0.5, 0.6) is 0 Å². The smallest absolute Gasteiger partial charge is 0.305 e. The summed E-state index contributed by atoms with van der Waals surface area (Å²) in [5.74, 6) is -4.81. The van der Waals surface area contributed by atoms with Gasteiger partial charge in [-0.2, -0.15) is 0 Å². The number of nitrogens with zero attached hydrogens (tertiary/aromatic N) is 1. The van der Waals surface area contributed by atoms with Gasteiger partial charge in [0, 0.05) is 12.1 Å². The molecule has 2 rings (SSSR count). The molecule has 0 saturated heterocycles. The minimum atomic E-state index is -1.27. The maximum absolute atomic E-state index is 13.5. The van der Waals surface area contributed by atoms with Gasteiger partial charge in [0.25, 0.3) is 5.91 Å². The molecule has 36 heavy (non-hydrogen) atoms. The lowest BCUT2D eigenvalue weighted by atomic mass is 10.0. The molecule has 0 spiro atoms. The van der Waals surface area contributed by atoms with Crippen LogP contribution in [0.2, 0.25) is 0 Å². The molecule has 0 fully saturated rings. The third-order valence-corrected chi connectivity index (χ3v) is 5.23. The molecule has 0 aliphatic carbocycles. The molecule has 0 aromatic heterocycles. The molecule has 190 valence electrons.